The maximum absolute atomic E-state index is 12.8. The van der Waals surface area contributed by atoms with E-state index in [1.165, 1.54) is 12.1 Å². The van der Waals surface area contributed by atoms with E-state index < -0.39 is 0 Å². The van der Waals surface area contributed by atoms with E-state index in [4.69, 9.17) is 4.74 Å². The summed E-state index contributed by atoms with van der Waals surface area (Å²) >= 11 is 0. The summed E-state index contributed by atoms with van der Waals surface area (Å²) in [7, 11) is 0. The first kappa shape index (κ1) is 11.5. The minimum Gasteiger partial charge on any atom is -0.394 e. The molecule has 1 unspecified atom stereocenters. The smallest absolute Gasteiger partial charge is 0.123 e. The summed E-state index contributed by atoms with van der Waals surface area (Å²) in [6.45, 7) is 3.05. The molecule has 1 N–H and O–H groups in total. The fraction of sp³-hybridized carbons (Fsp3) is 0.500. The fourth-order valence-corrected chi connectivity index (χ4v) is 2.01. The third kappa shape index (κ3) is 2.58. The SMILES string of the molecule is OCC(c1ccc(F)cc1)N1CCOCC1. The highest BCUT2D eigenvalue weighted by Crippen LogP contribution is 2.21. The highest BCUT2D eigenvalue weighted by molar-refractivity contribution is 5.20. The van der Waals surface area contributed by atoms with Gasteiger partial charge in [0.05, 0.1) is 25.9 Å². The predicted molar refractivity (Wildman–Crippen MR) is 58.6 cm³/mol. The van der Waals surface area contributed by atoms with Crippen molar-refractivity contribution in [1.29, 1.82) is 0 Å². The topological polar surface area (TPSA) is 32.7 Å². The van der Waals surface area contributed by atoms with Crippen LogP contribution in [-0.4, -0.2) is 42.9 Å². The molecule has 0 saturated carbocycles. The number of aliphatic hydroxyl groups excluding tert-OH is 1. The minimum atomic E-state index is -0.248. The summed E-state index contributed by atoms with van der Waals surface area (Å²) < 4.78 is 18.1. The van der Waals surface area contributed by atoms with Gasteiger partial charge in [-0.3, -0.25) is 4.90 Å². The minimum absolute atomic E-state index is 0.0473. The van der Waals surface area contributed by atoms with Gasteiger partial charge in [0.1, 0.15) is 5.82 Å². The normalized spacial score (nSPS) is 19.6. The predicted octanol–water partition coefficient (Wildman–Crippen LogP) is 1.19. The van der Waals surface area contributed by atoms with Crippen molar-refractivity contribution in [2.45, 2.75) is 6.04 Å². The number of aliphatic hydroxyl groups is 1. The maximum Gasteiger partial charge on any atom is 0.123 e. The van der Waals surface area contributed by atoms with E-state index in [0.717, 1.165) is 18.7 Å². The summed E-state index contributed by atoms with van der Waals surface area (Å²) in [6, 6.07) is 6.26. The average Bonchev–Trinajstić information content (AvgIpc) is 2.34. The Kier molecular flexibility index (Phi) is 3.88. The van der Waals surface area contributed by atoms with E-state index in [1.807, 2.05) is 0 Å². The van der Waals surface area contributed by atoms with Crippen molar-refractivity contribution in [2.75, 3.05) is 32.9 Å². The third-order valence-electron chi connectivity index (χ3n) is 2.91. The van der Waals surface area contributed by atoms with Gasteiger partial charge in [0.15, 0.2) is 0 Å². The standard InChI is InChI=1S/C12H16FNO2/c13-11-3-1-10(2-4-11)12(9-15)14-5-7-16-8-6-14/h1-4,12,15H,5-9H2. The van der Waals surface area contributed by atoms with Crippen LogP contribution in [0.2, 0.25) is 0 Å². The van der Waals surface area contributed by atoms with Crippen molar-refractivity contribution >= 4 is 0 Å². The first-order valence-electron chi connectivity index (χ1n) is 5.49. The van der Waals surface area contributed by atoms with Gasteiger partial charge in [-0.05, 0) is 17.7 Å². The molecule has 0 bridgehead atoms. The second kappa shape index (κ2) is 5.39. The molecule has 1 aromatic rings. The lowest BCUT2D eigenvalue weighted by atomic mass is 10.1. The van der Waals surface area contributed by atoms with E-state index in [9.17, 15) is 9.50 Å². The molecule has 1 heterocycles. The zero-order chi connectivity index (χ0) is 11.4. The van der Waals surface area contributed by atoms with Gasteiger partial charge >= 0.3 is 0 Å². The summed E-state index contributed by atoms with van der Waals surface area (Å²) in [5.74, 6) is -0.248. The molecule has 0 spiro atoms. The Morgan fingerprint density at radius 3 is 2.44 bits per heavy atom. The lowest BCUT2D eigenvalue weighted by molar-refractivity contribution is 0.00258. The zero-order valence-corrected chi connectivity index (χ0v) is 9.10. The quantitative estimate of drug-likeness (QED) is 0.838. The molecule has 16 heavy (non-hydrogen) atoms. The molecule has 0 aliphatic carbocycles. The molecular formula is C12H16FNO2. The fourth-order valence-electron chi connectivity index (χ4n) is 2.01. The van der Waals surface area contributed by atoms with Crippen molar-refractivity contribution < 1.29 is 14.2 Å². The number of nitrogens with zero attached hydrogens (tertiary/aromatic N) is 1. The van der Waals surface area contributed by atoms with Crippen LogP contribution in [0.1, 0.15) is 11.6 Å². The third-order valence-corrected chi connectivity index (χ3v) is 2.91. The van der Waals surface area contributed by atoms with Crippen molar-refractivity contribution in [3.63, 3.8) is 0 Å². The van der Waals surface area contributed by atoms with E-state index in [2.05, 4.69) is 4.90 Å². The van der Waals surface area contributed by atoms with Gasteiger partial charge < -0.3 is 9.84 Å². The number of morpholine rings is 1. The molecule has 1 fully saturated rings. The highest BCUT2D eigenvalue weighted by atomic mass is 19.1. The molecule has 0 aromatic heterocycles. The number of benzene rings is 1. The maximum atomic E-state index is 12.8. The van der Waals surface area contributed by atoms with Crippen LogP contribution in [0, 0.1) is 5.82 Å². The summed E-state index contributed by atoms with van der Waals surface area (Å²) in [6.07, 6.45) is 0. The Hall–Kier alpha value is -0.970. The van der Waals surface area contributed by atoms with Gasteiger partial charge in [0, 0.05) is 13.1 Å². The Morgan fingerprint density at radius 1 is 1.25 bits per heavy atom. The Labute approximate surface area is 94.4 Å². The summed E-state index contributed by atoms with van der Waals surface area (Å²) in [4.78, 5) is 2.16. The van der Waals surface area contributed by atoms with Crippen LogP contribution in [0.4, 0.5) is 4.39 Å². The molecule has 3 nitrogen and oxygen atoms in total. The van der Waals surface area contributed by atoms with Crippen molar-refractivity contribution in [1.82, 2.24) is 4.90 Å². The molecule has 2 rings (SSSR count). The van der Waals surface area contributed by atoms with Crippen LogP contribution in [-0.2, 0) is 4.74 Å². The molecule has 1 aromatic carbocycles. The molecule has 4 heteroatoms. The molecule has 1 aliphatic heterocycles. The lowest BCUT2D eigenvalue weighted by Gasteiger charge is -2.33. The van der Waals surface area contributed by atoms with Crippen molar-refractivity contribution in [2.24, 2.45) is 0 Å². The molecule has 1 atom stereocenters. The van der Waals surface area contributed by atoms with Gasteiger partial charge in [-0.1, -0.05) is 12.1 Å². The van der Waals surface area contributed by atoms with E-state index >= 15 is 0 Å². The van der Waals surface area contributed by atoms with E-state index in [1.54, 1.807) is 12.1 Å². The van der Waals surface area contributed by atoms with Crippen LogP contribution >= 0.6 is 0 Å². The number of ether oxygens (including phenoxy) is 1. The summed E-state index contributed by atoms with van der Waals surface area (Å²) in [5.41, 5.74) is 0.950. The Balaban J connectivity index is 2.11. The van der Waals surface area contributed by atoms with Crippen LogP contribution < -0.4 is 0 Å². The molecule has 88 valence electrons. The molecule has 0 amide bonds. The average molecular weight is 225 g/mol. The van der Waals surface area contributed by atoms with E-state index in [0.29, 0.717) is 13.2 Å². The van der Waals surface area contributed by atoms with Crippen LogP contribution in [0.25, 0.3) is 0 Å². The van der Waals surface area contributed by atoms with Gasteiger partial charge in [0.2, 0.25) is 0 Å². The van der Waals surface area contributed by atoms with Crippen LogP contribution in [0.3, 0.4) is 0 Å². The first-order valence-corrected chi connectivity index (χ1v) is 5.49. The zero-order valence-electron chi connectivity index (χ0n) is 9.10. The molecular weight excluding hydrogens is 209 g/mol. The highest BCUT2D eigenvalue weighted by Gasteiger charge is 2.21. The Morgan fingerprint density at radius 2 is 1.88 bits per heavy atom. The van der Waals surface area contributed by atoms with Crippen LogP contribution in [0.15, 0.2) is 24.3 Å². The molecule has 1 saturated heterocycles. The molecule has 1 aliphatic rings. The van der Waals surface area contributed by atoms with Crippen molar-refractivity contribution in [3.8, 4) is 0 Å². The molecule has 0 radical (unpaired) electrons. The number of rotatable bonds is 3. The van der Waals surface area contributed by atoms with E-state index in [-0.39, 0.29) is 18.5 Å². The first-order chi connectivity index (χ1) is 7.81. The second-order valence-corrected chi connectivity index (χ2v) is 3.90. The van der Waals surface area contributed by atoms with Gasteiger partial charge in [-0.2, -0.15) is 0 Å². The monoisotopic (exact) mass is 225 g/mol. The van der Waals surface area contributed by atoms with Crippen molar-refractivity contribution in [3.05, 3.63) is 35.6 Å². The largest absolute Gasteiger partial charge is 0.394 e. The number of hydrogen-bond donors (Lipinski definition) is 1. The number of hydrogen-bond acceptors (Lipinski definition) is 3. The number of halogens is 1. The Bertz CT molecular complexity index is 322. The second-order valence-electron chi connectivity index (χ2n) is 3.90. The lowest BCUT2D eigenvalue weighted by Crippen LogP contribution is -2.40. The van der Waals surface area contributed by atoms with Gasteiger partial charge in [0.25, 0.3) is 0 Å². The van der Waals surface area contributed by atoms with Crippen LogP contribution in [0.5, 0.6) is 0 Å². The van der Waals surface area contributed by atoms with Gasteiger partial charge in [-0.15, -0.1) is 0 Å². The summed E-state index contributed by atoms with van der Waals surface area (Å²) in [5, 5.41) is 9.42. The van der Waals surface area contributed by atoms with Gasteiger partial charge in [-0.25, -0.2) is 4.39 Å².